The van der Waals surface area contributed by atoms with Crippen LogP contribution in [0.25, 0.3) is 0 Å². The summed E-state index contributed by atoms with van der Waals surface area (Å²) in [6.07, 6.45) is 0.311. The highest BCUT2D eigenvalue weighted by Gasteiger charge is 2.22. The Morgan fingerprint density at radius 2 is 1.36 bits per heavy atom. The number of rotatable bonds is 8. The monoisotopic (exact) mass is 346 g/mol. The molecule has 1 atom stereocenters. The molecule has 0 aliphatic carbocycles. The highest BCUT2D eigenvalue weighted by molar-refractivity contribution is 5.77. The van der Waals surface area contributed by atoms with E-state index in [1.807, 2.05) is 6.07 Å². The van der Waals surface area contributed by atoms with E-state index in [1.54, 1.807) is 44.6 Å². The molecule has 0 unspecified atom stereocenters. The molecule has 0 amide bonds. The van der Waals surface area contributed by atoms with E-state index in [0.717, 1.165) is 5.56 Å². The van der Waals surface area contributed by atoms with Gasteiger partial charge in [0.25, 0.3) is 0 Å². The molecule has 134 valence electrons. The first-order valence-corrected chi connectivity index (χ1v) is 7.69. The van der Waals surface area contributed by atoms with Gasteiger partial charge in [0.05, 0.1) is 34.4 Å². The molecule has 0 saturated heterocycles. The zero-order chi connectivity index (χ0) is 18.4. The molecule has 0 heterocycles. The van der Waals surface area contributed by atoms with Crippen LogP contribution < -0.4 is 18.9 Å². The Hall–Kier alpha value is -2.89. The van der Waals surface area contributed by atoms with Crippen LogP contribution in [0.3, 0.4) is 0 Å². The Morgan fingerprint density at radius 1 is 0.840 bits per heavy atom. The molecule has 2 aromatic rings. The van der Waals surface area contributed by atoms with Gasteiger partial charge < -0.3 is 24.1 Å². The van der Waals surface area contributed by atoms with Gasteiger partial charge in [-0.25, -0.2) is 0 Å². The average Bonchev–Trinajstić information content (AvgIpc) is 2.64. The number of benzene rings is 2. The van der Waals surface area contributed by atoms with Gasteiger partial charge in [0.2, 0.25) is 0 Å². The van der Waals surface area contributed by atoms with E-state index in [1.165, 1.54) is 14.2 Å². The fourth-order valence-electron chi connectivity index (χ4n) is 2.66. The van der Waals surface area contributed by atoms with E-state index in [2.05, 4.69) is 0 Å². The largest absolute Gasteiger partial charge is 0.493 e. The number of carboxylic acids is 1. The summed E-state index contributed by atoms with van der Waals surface area (Å²) in [5, 5.41) is 9.68. The maximum Gasteiger partial charge on any atom is 0.311 e. The van der Waals surface area contributed by atoms with Crippen LogP contribution in [-0.2, 0) is 11.2 Å². The molecule has 0 aliphatic rings. The number of hydrogen-bond donors (Lipinski definition) is 1. The SMILES string of the molecule is COc1ccc(C[C@@H](C(=O)O)c2ccc(OC)c(OC)c2)cc1OC. The number of methoxy groups -OCH3 is 4. The smallest absolute Gasteiger partial charge is 0.311 e. The van der Waals surface area contributed by atoms with Gasteiger partial charge in [0.1, 0.15) is 0 Å². The lowest BCUT2D eigenvalue weighted by atomic mass is 9.91. The van der Waals surface area contributed by atoms with Crippen LogP contribution in [0.2, 0.25) is 0 Å². The van der Waals surface area contributed by atoms with Gasteiger partial charge in [-0.2, -0.15) is 0 Å². The molecule has 0 spiro atoms. The van der Waals surface area contributed by atoms with Crippen molar-refractivity contribution in [2.24, 2.45) is 0 Å². The fraction of sp³-hybridized carbons (Fsp3) is 0.316. The van der Waals surface area contributed by atoms with Crippen molar-refractivity contribution in [1.29, 1.82) is 0 Å². The van der Waals surface area contributed by atoms with E-state index in [4.69, 9.17) is 18.9 Å². The first kappa shape index (κ1) is 18.4. The van der Waals surface area contributed by atoms with Crippen LogP contribution in [-0.4, -0.2) is 39.5 Å². The molecule has 0 radical (unpaired) electrons. The minimum atomic E-state index is -0.915. The van der Waals surface area contributed by atoms with Crippen molar-refractivity contribution in [2.45, 2.75) is 12.3 Å². The van der Waals surface area contributed by atoms with E-state index < -0.39 is 11.9 Å². The van der Waals surface area contributed by atoms with E-state index in [9.17, 15) is 9.90 Å². The number of aliphatic carboxylic acids is 1. The Morgan fingerprint density at radius 3 is 1.88 bits per heavy atom. The van der Waals surface area contributed by atoms with E-state index >= 15 is 0 Å². The van der Waals surface area contributed by atoms with Crippen molar-refractivity contribution in [3.05, 3.63) is 47.5 Å². The van der Waals surface area contributed by atoms with Crippen LogP contribution in [0.4, 0.5) is 0 Å². The van der Waals surface area contributed by atoms with Crippen molar-refractivity contribution in [3.8, 4) is 23.0 Å². The molecule has 25 heavy (non-hydrogen) atoms. The highest BCUT2D eigenvalue weighted by atomic mass is 16.5. The topological polar surface area (TPSA) is 74.2 Å². The van der Waals surface area contributed by atoms with E-state index in [0.29, 0.717) is 35.0 Å². The lowest BCUT2D eigenvalue weighted by Crippen LogP contribution is -2.14. The van der Waals surface area contributed by atoms with Gasteiger partial charge >= 0.3 is 5.97 Å². The van der Waals surface area contributed by atoms with Gasteiger partial charge in [-0.15, -0.1) is 0 Å². The van der Waals surface area contributed by atoms with Crippen molar-refractivity contribution in [1.82, 2.24) is 0 Å². The van der Waals surface area contributed by atoms with Crippen LogP contribution in [0.15, 0.2) is 36.4 Å². The fourth-order valence-corrected chi connectivity index (χ4v) is 2.66. The zero-order valence-electron chi connectivity index (χ0n) is 14.7. The molecule has 1 N–H and O–H groups in total. The van der Waals surface area contributed by atoms with Crippen LogP contribution in [0, 0.1) is 0 Å². The molecule has 0 aromatic heterocycles. The van der Waals surface area contributed by atoms with Gasteiger partial charge in [0, 0.05) is 0 Å². The van der Waals surface area contributed by atoms with Gasteiger partial charge in [-0.05, 0) is 41.8 Å². The zero-order valence-corrected chi connectivity index (χ0v) is 14.7. The molecule has 2 aromatic carbocycles. The van der Waals surface area contributed by atoms with Gasteiger partial charge in [0.15, 0.2) is 23.0 Å². The lowest BCUT2D eigenvalue weighted by molar-refractivity contribution is -0.138. The third-order valence-corrected chi connectivity index (χ3v) is 4.00. The summed E-state index contributed by atoms with van der Waals surface area (Å²) in [5.74, 6) is 0.584. The summed E-state index contributed by atoms with van der Waals surface area (Å²) < 4.78 is 21.0. The minimum Gasteiger partial charge on any atom is -0.493 e. The number of hydrogen-bond acceptors (Lipinski definition) is 5. The lowest BCUT2D eigenvalue weighted by Gasteiger charge is -2.16. The molecule has 0 aliphatic heterocycles. The standard InChI is InChI=1S/C19H22O6/c1-22-15-7-5-12(10-17(15)24-3)9-14(19(20)21)13-6-8-16(23-2)18(11-13)25-4/h5-8,10-11,14H,9H2,1-4H3,(H,20,21)/t14-/m1/s1. The number of ether oxygens (including phenoxy) is 4. The summed E-state index contributed by atoms with van der Waals surface area (Å²) in [4.78, 5) is 11.8. The number of carbonyl (C=O) groups is 1. The summed E-state index contributed by atoms with van der Waals surface area (Å²) in [7, 11) is 6.16. The summed E-state index contributed by atoms with van der Waals surface area (Å²) in [5.41, 5.74) is 1.47. The molecule has 0 fully saturated rings. The van der Waals surface area contributed by atoms with Crippen molar-refractivity contribution in [3.63, 3.8) is 0 Å². The maximum absolute atomic E-state index is 11.8. The van der Waals surface area contributed by atoms with Crippen molar-refractivity contribution < 1.29 is 28.8 Å². The maximum atomic E-state index is 11.8. The molecule has 6 heteroatoms. The second-order valence-corrected chi connectivity index (χ2v) is 5.40. The highest BCUT2D eigenvalue weighted by Crippen LogP contribution is 2.34. The minimum absolute atomic E-state index is 0.311. The average molecular weight is 346 g/mol. The van der Waals surface area contributed by atoms with Crippen molar-refractivity contribution >= 4 is 5.97 Å². The predicted octanol–water partition coefficient (Wildman–Crippen LogP) is 3.13. The summed E-state index contributed by atoms with van der Waals surface area (Å²) in [6.45, 7) is 0. The summed E-state index contributed by atoms with van der Waals surface area (Å²) in [6, 6.07) is 10.5. The van der Waals surface area contributed by atoms with Gasteiger partial charge in [-0.1, -0.05) is 12.1 Å². The Balaban J connectivity index is 2.35. The van der Waals surface area contributed by atoms with Crippen LogP contribution >= 0.6 is 0 Å². The van der Waals surface area contributed by atoms with Crippen LogP contribution in [0.1, 0.15) is 17.0 Å². The van der Waals surface area contributed by atoms with Crippen LogP contribution in [0.5, 0.6) is 23.0 Å². The molecule has 6 nitrogen and oxygen atoms in total. The quantitative estimate of drug-likeness (QED) is 0.791. The van der Waals surface area contributed by atoms with E-state index in [-0.39, 0.29) is 0 Å². The molecule has 2 rings (SSSR count). The Kier molecular flexibility index (Phi) is 6.11. The Labute approximate surface area is 146 Å². The molecular weight excluding hydrogens is 324 g/mol. The Bertz CT molecular complexity index is 741. The summed E-state index contributed by atoms with van der Waals surface area (Å²) >= 11 is 0. The first-order valence-electron chi connectivity index (χ1n) is 7.69. The normalized spacial score (nSPS) is 11.5. The predicted molar refractivity (Wildman–Crippen MR) is 93.2 cm³/mol. The third-order valence-electron chi connectivity index (χ3n) is 4.00. The first-order chi connectivity index (χ1) is 12.0. The molecular formula is C19H22O6. The van der Waals surface area contributed by atoms with Gasteiger partial charge in [-0.3, -0.25) is 4.79 Å². The third kappa shape index (κ3) is 4.15. The van der Waals surface area contributed by atoms with Crippen molar-refractivity contribution in [2.75, 3.05) is 28.4 Å². The molecule has 0 bridgehead atoms. The molecule has 0 saturated carbocycles. The second-order valence-electron chi connectivity index (χ2n) is 5.40. The number of carboxylic acid groups (broad SMARTS) is 1. The second kappa shape index (κ2) is 8.28.